The molecule has 2 rings (SSSR count). The Morgan fingerprint density at radius 2 is 2.10 bits per heavy atom. The van der Waals surface area contributed by atoms with Gasteiger partial charge in [-0.05, 0) is 37.1 Å². The molecule has 1 aromatic carbocycles. The lowest BCUT2D eigenvalue weighted by molar-refractivity contribution is 0.0881. The fraction of sp³-hybridized carbons (Fsp3) is 0.600. The second kappa shape index (κ2) is 8.09. The second-order valence-electron chi connectivity index (χ2n) is 4.93. The molecule has 0 spiro atoms. The lowest BCUT2D eigenvalue weighted by Gasteiger charge is -2.15. The summed E-state index contributed by atoms with van der Waals surface area (Å²) in [6, 6.07) is 7.31. The molecule has 1 aliphatic rings. The molecule has 20 heavy (non-hydrogen) atoms. The van der Waals surface area contributed by atoms with E-state index in [-0.39, 0.29) is 6.61 Å². The number of aliphatic hydroxyl groups is 1. The molecular weight excluding hydrogens is 258 g/mol. The Balaban J connectivity index is 1.59. The third kappa shape index (κ3) is 5.00. The summed E-state index contributed by atoms with van der Waals surface area (Å²) < 4.78 is 16.1. The van der Waals surface area contributed by atoms with E-state index >= 15 is 0 Å². The standard InChI is InChI=1S/C15H23NO4/c1-18-13-4-6-14(7-5-13)20-11-12(17)9-16-10-15-3-2-8-19-15/h4-7,12,15-17H,2-3,8-11H2,1H3. The molecule has 1 fully saturated rings. The Morgan fingerprint density at radius 3 is 2.75 bits per heavy atom. The third-order valence-corrected chi connectivity index (χ3v) is 3.28. The van der Waals surface area contributed by atoms with E-state index < -0.39 is 6.10 Å². The molecule has 0 bridgehead atoms. The molecule has 2 N–H and O–H groups in total. The molecule has 0 saturated carbocycles. The lowest BCUT2D eigenvalue weighted by atomic mass is 10.2. The van der Waals surface area contributed by atoms with E-state index in [1.54, 1.807) is 7.11 Å². The van der Waals surface area contributed by atoms with Crippen molar-refractivity contribution in [3.05, 3.63) is 24.3 Å². The molecule has 1 heterocycles. The van der Waals surface area contributed by atoms with Crippen molar-refractivity contribution in [2.75, 3.05) is 33.4 Å². The first-order valence-corrected chi connectivity index (χ1v) is 7.05. The Labute approximate surface area is 119 Å². The summed E-state index contributed by atoms with van der Waals surface area (Å²) in [5, 5.41) is 13.0. The Hall–Kier alpha value is -1.30. The fourth-order valence-corrected chi connectivity index (χ4v) is 2.14. The summed E-state index contributed by atoms with van der Waals surface area (Å²) in [7, 11) is 1.62. The van der Waals surface area contributed by atoms with E-state index in [0.717, 1.165) is 37.5 Å². The molecule has 1 saturated heterocycles. The van der Waals surface area contributed by atoms with Crippen LogP contribution in [0.5, 0.6) is 11.5 Å². The first-order chi connectivity index (χ1) is 9.78. The number of benzene rings is 1. The SMILES string of the molecule is COc1ccc(OCC(O)CNCC2CCCO2)cc1. The lowest BCUT2D eigenvalue weighted by Crippen LogP contribution is -2.35. The summed E-state index contributed by atoms with van der Waals surface area (Å²) in [5.41, 5.74) is 0. The van der Waals surface area contributed by atoms with Crippen molar-refractivity contribution in [1.29, 1.82) is 0 Å². The molecule has 1 aromatic rings. The predicted molar refractivity (Wildman–Crippen MR) is 76.3 cm³/mol. The maximum Gasteiger partial charge on any atom is 0.119 e. The van der Waals surface area contributed by atoms with Gasteiger partial charge < -0.3 is 24.6 Å². The van der Waals surface area contributed by atoms with Crippen LogP contribution >= 0.6 is 0 Å². The quantitative estimate of drug-likeness (QED) is 0.750. The topological polar surface area (TPSA) is 60.0 Å². The van der Waals surface area contributed by atoms with Gasteiger partial charge in [-0.1, -0.05) is 0 Å². The molecule has 112 valence electrons. The minimum absolute atomic E-state index is 0.269. The molecule has 0 aliphatic carbocycles. The van der Waals surface area contributed by atoms with E-state index in [9.17, 15) is 5.11 Å². The molecule has 0 aromatic heterocycles. The van der Waals surface area contributed by atoms with Crippen molar-refractivity contribution in [3.8, 4) is 11.5 Å². The molecule has 0 amide bonds. The van der Waals surface area contributed by atoms with Crippen molar-refractivity contribution in [1.82, 2.24) is 5.32 Å². The van der Waals surface area contributed by atoms with Crippen molar-refractivity contribution in [2.24, 2.45) is 0 Å². The zero-order valence-corrected chi connectivity index (χ0v) is 11.9. The van der Waals surface area contributed by atoms with E-state index in [1.807, 2.05) is 24.3 Å². The molecule has 0 radical (unpaired) electrons. The van der Waals surface area contributed by atoms with Crippen LogP contribution in [0.2, 0.25) is 0 Å². The van der Waals surface area contributed by atoms with Gasteiger partial charge in [0.05, 0.1) is 13.2 Å². The summed E-state index contributed by atoms with van der Waals surface area (Å²) in [6.45, 7) is 2.43. The highest BCUT2D eigenvalue weighted by Crippen LogP contribution is 2.17. The van der Waals surface area contributed by atoms with Gasteiger partial charge in [0.15, 0.2) is 0 Å². The number of ether oxygens (including phenoxy) is 3. The van der Waals surface area contributed by atoms with Crippen LogP contribution in [0.3, 0.4) is 0 Å². The summed E-state index contributed by atoms with van der Waals surface area (Å²) in [5.74, 6) is 1.51. The highest BCUT2D eigenvalue weighted by Gasteiger charge is 2.15. The maximum atomic E-state index is 9.83. The van der Waals surface area contributed by atoms with Crippen LogP contribution in [-0.2, 0) is 4.74 Å². The second-order valence-corrected chi connectivity index (χ2v) is 4.93. The van der Waals surface area contributed by atoms with E-state index in [4.69, 9.17) is 14.2 Å². The minimum atomic E-state index is -0.529. The molecule has 2 atom stereocenters. The Morgan fingerprint density at radius 1 is 1.35 bits per heavy atom. The molecule has 5 heteroatoms. The summed E-state index contributed by atoms with van der Waals surface area (Å²) in [4.78, 5) is 0. The first-order valence-electron chi connectivity index (χ1n) is 7.05. The van der Waals surface area contributed by atoms with Gasteiger partial charge in [0.1, 0.15) is 24.2 Å². The van der Waals surface area contributed by atoms with Gasteiger partial charge in [-0.15, -0.1) is 0 Å². The average molecular weight is 281 g/mol. The zero-order valence-electron chi connectivity index (χ0n) is 11.9. The highest BCUT2D eigenvalue weighted by atomic mass is 16.5. The van der Waals surface area contributed by atoms with E-state index in [0.29, 0.717) is 12.6 Å². The smallest absolute Gasteiger partial charge is 0.119 e. The molecular formula is C15H23NO4. The van der Waals surface area contributed by atoms with E-state index in [2.05, 4.69) is 5.32 Å². The average Bonchev–Trinajstić information content (AvgIpc) is 2.99. The Kier molecular flexibility index (Phi) is 6.11. The van der Waals surface area contributed by atoms with Gasteiger partial charge in [-0.3, -0.25) is 0 Å². The number of methoxy groups -OCH3 is 1. The van der Waals surface area contributed by atoms with Crippen LogP contribution in [0.15, 0.2) is 24.3 Å². The van der Waals surface area contributed by atoms with Crippen LogP contribution in [0.25, 0.3) is 0 Å². The fourth-order valence-electron chi connectivity index (χ4n) is 2.14. The third-order valence-electron chi connectivity index (χ3n) is 3.28. The monoisotopic (exact) mass is 281 g/mol. The number of rotatable bonds is 8. The van der Waals surface area contributed by atoms with Gasteiger partial charge in [-0.25, -0.2) is 0 Å². The first kappa shape index (κ1) is 15.1. The zero-order chi connectivity index (χ0) is 14.2. The van der Waals surface area contributed by atoms with Gasteiger partial charge in [-0.2, -0.15) is 0 Å². The van der Waals surface area contributed by atoms with Gasteiger partial charge in [0.2, 0.25) is 0 Å². The molecule has 1 aliphatic heterocycles. The normalized spacial score (nSPS) is 19.8. The van der Waals surface area contributed by atoms with E-state index in [1.165, 1.54) is 0 Å². The van der Waals surface area contributed by atoms with Crippen LogP contribution in [0.1, 0.15) is 12.8 Å². The van der Waals surface area contributed by atoms with Crippen molar-refractivity contribution >= 4 is 0 Å². The summed E-state index contributed by atoms with van der Waals surface area (Å²) >= 11 is 0. The number of hydrogen-bond donors (Lipinski definition) is 2. The van der Waals surface area contributed by atoms with Crippen molar-refractivity contribution in [2.45, 2.75) is 25.0 Å². The summed E-state index contributed by atoms with van der Waals surface area (Å²) in [6.07, 6.45) is 2.00. The minimum Gasteiger partial charge on any atom is -0.497 e. The maximum absolute atomic E-state index is 9.83. The van der Waals surface area contributed by atoms with Gasteiger partial charge in [0.25, 0.3) is 0 Å². The van der Waals surface area contributed by atoms with Crippen LogP contribution in [0.4, 0.5) is 0 Å². The molecule has 2 unspecified atom stereocenters. The molecule has 5 nitrogen and oxygen atoms in total. The largest absolute Gasteiger partial charge is 0.497 e. The Bertz CT molecular complexity index is 376. The number of nitrogens with one attached hydrogen (secondary N) is 1. The highest BCUT2D eigenvalue weighted by molar-refractivity contribution is 5.31. The van der Waals surface area contributed by atoms with Crippen LogP contribution in [-0.4, -0.2) is 50.7 Å². The van der Waals surface area contributed by atoms with Crippen LogP contribution in [0, 0.1) is 0 Å². The number of aliphatic hydroxyl groups excluding tert-OH is 1. The van der Waals surface area contributed by atoms with Gasteiger partial charge in [0, 0.05) is 19.7 Å². The number of hydrogen-bond acceptors (Lipinski definition) is 5. The van der Waals surface area contributed by atoms with Gasteiger partial charge >= 0.3 is 0 Å². The predicted octanol–water partition coefficient (Wildman–Crippen LogP) is 1.20. The van der Waals surface area contributed by atoms with Crippen molar-refractivity contribution in [3.63, 3.8) is 0 Å². The van der Waals surface area contributed by atoms with Crippen LogP contribution < -0.4 is 14.8 Å². The van der Waals surface area contributed by atoms with Crippen molar-refractivity contribution < 1.29 is 19.3 Å².